The number of pyridine rings is 1. The maximum absolute atomic E-state index is 13.8. The van der Waals surface area contributed by atoms with Crippen LogP contribution >= 0.6 is 0 Å². The van der Waals surface area contributed by atoms with Crippen LogP contribution in [0, 0.1) is 11.6 Å². The number of nitrogens with zero attached hydrogens (tertiary/aromatic N) is 5. The van der Waals surface area contributed by atoms with E-state index in [-0.39, 0.29) is 17.9 Å². The van der Waals surface area contributed by atoms with Crippen LogP contribution in [0.1, 0.15) is 5.56 Å². The predicted octanol–water partition coefficient (Wildman–Crippen LogP) is 2.78. The van der Waals surface area contributed by atoms with Crippen molar-refractivity contribution in [2.24, 2.45) is 0 Å². The molecule has 7 nitrogen and oxygen atoms in total. The maximum Gasteiger partial charge on any atom is 0.227 e. The number of hydrogen-bond donors (Lipinski definition) is 1. The molecule has 2 aromatic heterocycles. The van der Waals surface area contributed by atoms with Gasteiger partial charge in [0.2, 0.25) is 5.91 Å². The predicted molar refractivity (Wildman–Crippen MR) is 108 cm³/mol. The molecule has 0 unspecified atom stereocenters. The number of anilines is 3. The van der Waals surface area contributed by atoms with Crippen molar-refractivity contribution in [3.05, 3.63) is 72.2 Å². The summed E-state index contributed by atoms with van der Waals surface area (Å²) in [7, 11) is 0. The maximum atomic E-state index is 13.8. The van der Waals surface area contributed by atoms with Gasteiger partial charge in [0.05, 0.1) is 6.42 Å². The summed E-state index contributed by atoms with van der Waals surface area (Å²) in [4.78, 5) is 29.0. The van der Waals surface area contributed by atoms with Crippen molar-refractivity contribution in [1.82, 2.24) is 19.9 Å². The van der Waals surface area contributed by atoms with E-state index in [4.69, 9.17) is 0 Å². The van der Waals surface area contributed by atoms with Gasteiger partial charge in [-0.15, -0.1) is 0 Å². The summed E-state index contributed by atoms with van der Waals surface area (Å²) in [6.07, 6.45) is 3.09. The first-order valence-corrected chi connectivity index (χ1v) is 9.55. The number of piperazine rings is 1. The van der Waals surface area contributed by atoms with Crippen LogP contribution in [0.2, 0.25) is 0 Å². The number of halogens is 2. The van der Waals surface area contributed by atoms with E-state index >= 15 is 0 Å². The molecular formula is C21H20F2N6O. The van der Waals surface area contributed by atoms with E-state index in [0.29, 0.717) is 37.8 Å². The Morgan fingerprint density at radius 2 is 1.80 bits per heavy atom. The molecule has 0 spiro atoms. The Balaban J connectivity index is 1.35. The van der Waals surface area contributed by atoms with E-state index < -0.39 is 11.6 Å². The minimum atomic E-state index is -0.698. The normalized spacial score (nSPS) is 13.9. The molecule has 30 heavy (non-hydrogen) atoms. The summed E-state index contributed by atoms with van der Waals surface area (Å²) >= 11 is 0. The Hall–Kier alpha value is -3.62. The van der Waals surface area contributed by atoms with Gasteiger partial charge in [-0.25, -0.2) is 23.7 Å². The Kier molecular flexibility index (Phi) is 5.78. The molecule has 0 saturated carbocycles. The van der Waals surface area contributed by atoms with E-state index in [1.165, 1.54) is 12.4 Å². The van der Waals surface area contributed by atoms with Crippen molar-refractivity contribution < 1.29 is 13.6 Å². The van der Waals surface area contributed by atoms with Gasteiger partial charge >= 0.3 is 0 Å². The molecule has 3 aromatic rings. The van der Waals surface area contributed by atoms with Gasteiger partial charge in [-0.05, 0) is 23.8 Å². The lowest BCUT2D eigenvalue weighted by Gasteiger charge is -2.35. The van der Waals surface area contributed by atoms with Gasteiger partial charge in [0.25, 0.3) is 0 Å². The summed E-state index contributed by atoms with van der Waals surface area (Å²) in [6.45, 7) is 2.18. The average Bonchev–Trinajstić information content (AvgIpc) is 2.77. The number of benzene rings is 1. The van der Waals surface area contributed by atoms with Crippen LogP contribution in [-0.2, 0) is 11.2 Å². The van der Waals surface area contributed by atoms with Gasteiger partial charge in [-0.3, -0.25) is 4.79 Å². The third kappa shape index (κ3) is 4.68. The highest BCUT2D eigenvalue weighted by molar-refractivity contribution is 5.79. The zero-order valence-electron chi connectivity index (χ0n) is 16.1. The average molecular weight is 410 g/mol. The second-order valence-corrected chi connectivity index (χ2v) is 6.88. The van der Waals surface area contributed by atoms with E-state index in [1.54, 1.807) is 11.1 Å². The van der Waals surface area contributed by atoms with Crippen LogP contribution in [0.3, 0.4) is 0 Å². The molecule has 1 aliphatic heterocycles. The molecule has 1 fully saturated rings. The molecule has 3 heterocycles. The molecular weight excluding hydrogens is 390 g/mol. The van der Waals surface area contributed by atoms with E-state index in [0.717, 1.165) is 18.0 Å². The number of carbonyl (C=O) groups excluding carboxylic acids is 1. The summed E-state index contributed by atoms with van der Waals surface area (Å²) in [5.41, 5.74) is 0.199. The fourth-order valence-electron chi connectivity index (χ4n) is 3.28. The molecule has 0 aliphatic carbocycles. The molecule has 1 saturated heterocycles. The molecule has 4 rings (SSSR count). The van der Waals surface area contributed by atoms with E-state index in [9.17, 15) is 13.6 Å². The molecule has 1 amide bonds. The number of carbonyl (C=O) groups is 1. The van der Waals surface area contributed by atoms with Gasteiger partial charge in [-0.1, -0.05) is 12.1 Å². The van der Waals surface area contributed by atoms with Gasteiger partial charge in [-0.2, -0.15) is 0 Å². The Morgan fingerprint density at radius 1 is 0.967 bits per heavy atom. The van der Waals surface area contributed by atoms with Crippen molar-refractivity contribution in [3.63, 3.8) is 0 Å². The monoisotopic (exact) mass is 410 g/mol. The second kappa shape index (κ2) is 8.81. The first kappa shape index (κ1) is 19.7. The number of hydrogen-bond acceptors (Lipinski definition) is 6. The Labute approximate surface area is 172 Å². The first-order chi connectivity index (χ1) is 14.6. The Morgan fingerprint density at radius 3 is 2.53 bits per heavy atom. The Bertz CT molecular complexity index is 1030. The number of nitrogens with one attached hydrogen (secondary N) is 1. The van der Waals surface area contributed by atoms with Gasteiger partial charge in [0, 0.05) is 44.5 Å². The van der Waals surface area contributed by atoms with Crippen LogP contribution in [0.4, 0.5) is 26.2 Å². The van der Waals surface area contributed by atoms with Crippen LogP contribution in [0.25, 0.3) is 0 Å². The van der Waals surface area contributed by atoms with Crippen LogP contribution in [-0.4, -0.2) is 51.9 Å². The molecule has 0 bridgehead atoms. The lowest BCUT2D eigenvalue weighted by molar-refractivity contribution is -0.130. The van der Waals surface area contributed by atoms with Gasteiger partial charge < -0.3 is 15.1 Å². The van der Waals surface area contributed by atoms with Crippen molar-refractivity contribution in [2.75, 3.05) is 36.4 Å². The van der Waals surface area contributed by atoms with Crippen LogP contribution in [0.15, 0.2) is 55.0 Å². The highest BCUT2D eigenvalue weighted by atomic mass is 19.1. The third-order valence-electron chi connectivity index (χ3n) is 4.89. The highest BCUT2D eigenvalue weighted by Crippen LogP contribution is 2.19. The molecule has 1 N–H and O–H groups in total. The summed E-state index contributed by atoms with van der Waals surface area (Å²) < 4.78 is 26.8. The SMILES string of the molecule is O=C(Cc1ccc(F)cc1F)N1CCN(c2cc(Nc3ccccn3)ncn2)CC1. The molecule has 0 radical (unpaired) electrons. The zero-order valence-corrected chi connectivity index (χ0v) is 16.1. The molecule has 1 aliphatic rings. The van der Waals surface area contributed by atoms with Crippen molar-refractivity contribution >= 4 is 23.4 Å². The van der Waals surface area contributed by atoms with Crippen LogP contribution < -0.4 is 10.2 Å². The smallest absolute Gasteiger partial charge is 0.227 e. The fourth-order valence-corrected chi connectivity index (χ4v) is 3.28. The lowest BCUT2D eigenvalue weighted by atomic mass is 10.1. The fraction of sp³-hybridized carbons (Fsp3) is 0.238. The van der Waals surface area contributed by atoms with Crippen LogP contribution in [0.5, 0.6) is 0 Å². The van der Waals surface area contributed by atoms with E-state index in [2.05, 4.69) is 25.2 Å². The standard InChI is InChI=1S/C21H20F2N6O/c22-16-5-4-15(17(23)12-16)11-21(30)29-9-7-28(8-10-29)20-13-19(25-14-26-20)27-18-3-1-2-6-24-18/h1-6,12-14H,7-11H2,(H,24,25,26,27). The quantitative estimate of drug-likeness (QED) is 0.697. The van der Waals surface area contributed by atoms with Gasteiger partial charge in [0.15, 0.2) is 0 Å². The molecule has 154 valence electrons. The lowest BCUT2D eigenvalue weighted by Crippen LogP contribution is -2.49. The summed E-state index contributed by atoms with van der Waals surface area (Å²) in [6, 6.07) is 10.7. The van der Waals surface area contributed by atoms with Crippen molar-refractivity contribution in [3.8, 4) is 0 Å². The minimum absolute atomic E-state index is 0.0856. The second-order valence-electron chi connectivity index (χ2n) is 6.88. The topological polar surface area (TPSA) is 74.2 Å². The largest absolute Gasteiger partial charge is 0.353 e. The number of rotatable bonds is 5. The van der Waals surface area contributed by atoms with E-state index in [1.807, 2.05) is 24.3 Å². The molecule has 0 atom stereocenters. The summed E-state index contributed by atoms with van der Waals surface area (Å²) in [5, 5.41) is 3.13. The third-order valence-corrected chi connectivity index (χ3v) is 4.89. The molecule has 1 aromatic carbocycles. The van der Waals surface area contributed by atoms with Crippen molar-refractivity contribution in [1.29, 1.82) is 0 Å². The minimum Gasteiger partial charge on any atom is -0.353 e. The first-order valence-electron chi connectivity index (χ1n) is 9.55. The number of amides is 1. The van der Waals surface area contributed by atoms with Gasteiger partial charge in [0.1, 0.15) is 35.4 Å². The van der Waals surface area contributed by atoms with Crippen molar-refractivity contribution in [2.45, 2.75) is 6.42 Å². The molecule has 9 heteroatoms. The number of aromatic nitrogens is 3. The summed E-state index contributed by atoms with van der Waals surface area (Å²) in [5.74, 6) is 0.532. The zero-order chi connectivity index (χ0) is 20.9. The highest BCUT2D eigenvalue weighted by Gasteiger charge is 2.23.